The largest absolute Gasteiger partial charge is 0.394 e. The van der Waals surface area contributed by atoms with Crippen molar-refractivity contribution in [3.8, 4) is 5.69 Å². The van der Waals surface area contributed by atoms with Gasteiger partial charge in [-0.25, -0.2) is 4.68 Å². The SMILES string of the molecule is CCCCN(CCCC)C(=O)c1cc(C)n(-c2ccc(NC(=O)c3ccc(Cl)cc3I)cc2C(=O)N2Cc3ccccc3C[C@H]2CO)n1. The molecule has 0 saturated carbocycles. The number of carbonyl (C=O) groups is 3. The number of aromatic nitrogens is 2. The van der Waals surface area contributed by atoms with Gasteiger partial charge in [0.15, 0.2) is 5.69 Å². The smallest absolute Gasteiger partial charge is 0.274 e. The molecule has 3 amide bonds. The molecule has 0 spiro atoms. The Bertz CT molecular complexity index is 1800. The molecular weight excluding hydrogens is 741 g/mol. The maximum atomic E-state index is 14.5. The molecule has 1 aliphatic heterocycles. The first-order valence-electron chi connectivity index (χ1n) is 16.4. The molecule has 0 unspecified atom stereocenters. The number of benzene rings is 3. The van der Waals surface area contributed by atoms with E-state index in [1.165, 1.54) is 0 Å². The van der Waals surface area contributed by atoms with Gasteiger partial charge in [0.05, 0.1) is 29.5 Å². The number of fused-ring (bicyclic) bond motifs is 1. The molecule has 252 valence electrons. The summed E-state index contributed by atoms with van der Waals surface area (Å²) >= 11 is 8.18. The number of carbonyl (C=O) groups excluding carboxylic acids is 3. The predicted octanol–water partition coefficient (Wildman–Crippen LogP) is 7.29. The summed E-state index contributed by atoms with van der Waals surface area (Å²) in [5, 5.41) is 18.6. The van der Waals surface area contributed by atoms with Crippen LogP contribution in [0.4, 0.5) is 5.69 Å². The minimum atomic E-state index is -0.435. The number of halogens is 2. The summed E-state index contributed by atoms with van der Waals surface area (Å²) in [4.78, 5) is 45.1. The molecule has 1 aromatic heterocycles. The standard InChI is InChI=1S/C37H41ClIN5O4/c1-4-6-16-42(17-7-5-2)37(48)33-18-24(3)44(41-33)34-15-13-28(40-35(46)30-14-12-27(38)20-32(30)39)21-31(34)36(47)43-22-26-11-9-8-10-25(26)19-29(43)23-45/h8-15,18,20-21,29,45H,4-7,16-17,19,22-23H2,1-3H3,(H,40,46)/t29-/m0/s1. The van der Waals surface area contributed by atoms with Gasteiger partial charge in [0, 0.05) is 39.6 Å². The molecule has 2 N–H and O–H groups in total. The number of hydrogen-bond acceptors (Lipinski definition) is 5. The summed E-state index contributed by atoms with van der Waals surface area (Å²) < 4.78 is 2.32. The topological polar surface area (TPSA) is 108 Å². The van der Waals surface area contributed by atoms with Crippen LogP contribution < -0.4 is 5.32 Å². The molecule has 9 nitrogen and oxygen atoms in total. The van der Waals surface area contributed by atoms with Gasteiger partial charge in [-0.1, -0.05) is 62.6 Å². The molecule has 0 fully saturated rings. The average Bonchev–Trinajstić information content (AvgIpc) is 3.48. The Labute approximate surface area is 300 Å². The molecule has 4 aromatic rings. The van der Waals surface area contributed by atoms with Crippen LogP contribution in [0.2, 0.25) is 5.02 Å². The molecule has 1 atom stereocenters. The third kappa shape index (κ3) is 7.93. The number of aliphatic hydroxyl groups is 1. The molecule has 0 saturated heterocycles. The molecule has 3 aromatic carbocycles. The van der Waals surface area contributed by atoms with Gasteiger partial charge < -0.3 is 20.2 Å². The highest BCUT2D eigenvalue weighted by molar-refractivity contribution is 14.1. The normalized spacial score (nSPS) is 14.0. The van der Waals surface area contributed by atoms with Crippen molar-refractivity contribution in [1.82, 2.24) is 19.6 Å². The first kappa shape index (κ1) is 35.6. The summed E-state index contributed by atoms with van der Waals surface area (Å²) in [6, 6.07) is 19.4. The zero-order chi connectivity index (χ0) is 34.4. The Balaban J connectivity index is 1.55. The fraction of sp³-hybridized carbons (Fsp3) is 0.351. The van der Waals surface area contributed by atoms with Crippen molar-refractivity contribution in [2.24, 2.45) is 0 Å². The number of nitrogens with one attached hydrogen (secondary N) is 1. The number of hydrogen-bond donors (Lipinski definition) is 2. The van der Waals surface area contributed by atoms with Gasteiger partial charge in [0.1, 0.15) is 0 Å². The number of anilines is 1. The van der Waals surface area contributed by atoms with Gasteiger partial charge >= 0.3 is 0 Å². The first-order valence-corrected chi connectivity index (χ1v) is 17.9. The Morgan fingerprint density at radius 3 is 2.35 bits per heavy atom. The molecular formula is C37H41ClIN5O4. The van der Waals surface area contributed by atoms with Crippen LogP contribution in [0.25, 0.3) is 5.69 Å². The van der Waals surface area contributed by atoms with Crippen molar-refractivity contribution in [2.45, 2.75) is 65.5 Å². The Hall–Kier alpha value is -3.74. The van der Waals surface area contributed by atoms with Gasteiger partial charge in [-0.15, -0.1) is 0 Å². The highest BCUT2D eigenvalue weighted by atomic mass is 127. The van der Waals surface area contributed by atoms with E-state index in [-0.39, 0.29) is 29.9 Å². The maximum Gasteiger partial charge on any atom is 0.274 e. The summed E-state index contributed by atoms with van der Waals surface area (Å²) in [7, 11) is 0. The van der Waals surface area contributed by atoms with E-state index in [9.17, 15) is 19.5 Å². The monoisotopic (exact) mass is 781 g/mol. The number of unbranched alkanes of at least 4 members (excludes halogenated alkanes) is 2. The molecule has 48 heavy (non-hydrogen) atoms. The van der Waals surface area contributed by atoms with Crippen molar-refractivity contribution in [2.75, 3.05) is 25.0 Å². The minimum absolute atomic E-state index is 0.138. The van der Waals surface area contributed by atoms with Crippen LogP contribution in [-0.4, -0.2) is 68.1 Å². The lowest BCUT2D eigenvalue weighted by Crippen LogP contribution is -2.46. The van der Waals surface area contributed by atoms with Crippen LogP contribution in [0.15, 0.2) is 66.7 Å². The molecule has 0 aliphatic carbocycles. The number of amides is 3. The molecule has 1 aliphatic rings. The summed E-state index contributed by atoms with van der Waals surface area (Å²) in [5.74, 6) is -0.795. The van der Waals surface area contributed by atoms with E-state index in [4.69, 9.17) is 16.7 Å². The molecule has 11 heteroatoms. The summed E-state index contributed by atoms with van der Waals surface area (Å²) in [6.07, 6.45) is 4.28. The van der Waals surface area contributed by atoms with Crippen molar-refractivity contribution >= 4 is 57.6 Å². The zero-order valence-corrected chi connectivity index (χ0v) is 30.4. The van der Waals surface area contributed by atoms with Crippen LogP contribution in [-0.2, 0) is 13.0 Å². The lowest BCUT2D eigenvalue weighted by Gasteiger charge is -2.36. The highest BCUT2D eigenvalue weighted by Gasteiger charge is 2.32. The second kappa shape index (κ2) is 16.1. The second-order valence-electron chi connectivity index (χ2n) is 12.1. The van der Waals surface area contributed by atoms with Crippen LogP contribution in [0.3, 0.4) is 0 Å². The number of aryl methyl sites for hydroxylation is 1. The van der Waals surface area contributed by atoms with E-state index in [0.717, 1.165) is 36.8 Å². The van der Waals surface area contributed by atoms with Gasteiger partial charge in [-0.3, -0.25) is 14.4 Å². The van der Waals surface area contributed by atoms with Crippen molar-refractivity contribution < 1.29 is 19.5 Å². The molecule has 5 rings (SSSR count). The van der Waals surface area contributed by atoms with E-state index in [0.29, 0.717) is 63.0 Å². The van der Waals surface area contributed by atoms with Crippen molar-refractivity contribution in [3.05, 3.63) is 109 Å². The van der Waals surface area contributed by atoms with Gasteiger partial charge in [-0.2, -0.15) is 5.10 Å². The van der Waals surface area contributed by atoms with Crippen molar-refractivity contribution in [3.63, 3.8) is 0 Å². The Morgan fingerprint density at radius 2 is 1.69 bits per heavy atom. The van der Waals surface area contributed by atoms with E-state index in [2.05, 4.69) is 41.8 Å². The fourth-order valence-electron chi connectivity index (χ4n) is 5.98. The van der Waals surface area contributed by atoms with Gasteiger partial charge in [0.25, 0.3) is 17.7 Å². The van der Waals surface area contributed by atoms with E-state index in [1.54, 1.807) is 52.0 Å². The Kier molecular flexibility index (Phi) is 11.9. The van der Waals surface area contributed by atoms with Gasteiger partial charge in [-0.05, 0) is 102 Å². The van der Waals surface area contributed by atoms with Crippen LogP contribution >= 0.6 is 34.2 Å². The highest BCUT2D eigenvalue weighted by Crippen LogP contribution is 2.29. The van der Waals surface area contributed by atoms with E-state index in [1.807, 2.05) is 36.1 Å². The molecule has 0 bridgehead atoms. The third-order valence-electron chi connectivity index (χ3n) is 8.67. The number of rotatable bonds is 12. The quantitative estimate of drug-likeness (QED) is 0.147. The van der Waals surface area contributed by atoms with Crippen LogP contribution in [0.1, 0.15) is 87.6 Å². The molecule has 2 heterocycles. The van der Waals surface area contributed by atoms with Crippen molar-refractivity contribution in [1.29, 1.82) is 0 Å². The van der Waals surface area contributed by atoms with E-state index < -0.39 is 6.04 Å². The van der Waals surface area contributed by atoms with Crippen LogP contribution in [0.5, 0.6) is 0 Å². The Morgan fingerprint density at radius 1 is 0.979 bits per heavy atom. The summed E-state index contributed by atoms with van der Waals surface area (Å²) in [5.41, 5.74) is 4.74. The lowest BCUT2D eigenvalue weighted by molar-refractivity contribution is 0.0544. The number of aliphatic hydroxyl groups excluding tert-OH is 1. The van der Waals surface area contributed by atoms with Crippen LogP contribution in [0, 0.1) is 10.5 Å². The second-order valence-corrected chi connectivity index (χ2v) is 13.7. The minimum Gasteiger partial charge on any atom is -0.394 e. The molecule has 0 radical (unpaired) electrons. The average molecular weight is 782 g/mol. The van der Waals surface area contributed by atoms with E-state index >= 15 is 0 Å². The predicted molar refractivity (Wildman–Crippen MR) is 197 cm³/mol. The maximum absolute atomic E-state index is 14.5. The third-order valence-corrected chi connectivity index (χ3v) is 9.80. The zero-order valence-electron chi connectivity index (χ0n) is 27.5. The number of nitrogens with zero attached hydrogens (tertiary/aromatic N) is 4. The summed E-state index contributed by atoms with van der Waals surface area (Å²) in [6.45, 7) is 7.49. The lowest BCUT2D eigenvalue weighted by atomic mass is 9.93. The fourth-order valence-corrected chi connectivity index (χ4v) is 7.10. The first-order chi connectivity index (χ1) is 23.1. The van der Waals surface area contributed by atoms with Gasteiger partial charge in [0.2, 0.25) is 0 Å².